The van der Waals surface area contributed by atoms with Crippen LogP contribution in [0, 0.1) is 0 Å². The van der Waals surface area contributed by atoms with Crippen LogP contribution < -0.4 is 16.0 Å². The lowest BCUT2D eigenvalue weighted by molar-refractivity contribution is -0.119. The van der Waals surface area contributed by atoms with Gasteiger partial charge in [-0.05, 0) is 43.7 Å². The van der Waals surface area contributed by atoms with Crippen LogP contribution >= 0.6 is 11.3 Å². The van der Waals surface area contributed by atoms with Crippen molar-refractivity contribution in [3.63, 3.8) is 0 Å². The van der Waals surface area contributed by atoms with E-state index in [-0.39, 0.29) is 17.4 Å². The van der Waals surface area contributed by atoms with Crippen molar-refractivity contribution in [3.05, 3.63) is 77.2 Å². The molecule has 8 nitrogen and oxygen atoms in total. The Labute approximate surface area is 207 Å². The molecule has 0 saturated carbocycles. The van der Waals surface area contributed by atoms with E-state index in [9.17, 15) is 19.2 Å². The van der Waals surface area contributed by atoms with Crippen LogP contribution in [0.1, 0.15) is 31.1 Å². The third kappa shape index (κ3) is 7.38. The molecule has 180 valence electrons. The van der Waals surface area contributed by atoms with Crippen LogP contribution in [-0.2, 0) is 19.1 Å². The van der Waals surface area contributed by atoms with Gasteiger partial charge in [0.25, 0.3) is 5.91 Å². The molecule has 9 heteroatoms. The summed E-state index contributed by atoms with van der Waals surface area (Å²) in [4.78, 5) is 48.8. The zero-order valence-corrected chi connectivity index (χ0v) is 20.3. The molecular weight excluding hydrogens is 466 g/mol. The molecule has 1 aromatic heterocycles. The van der Waals surface area contributed by atoms with E-state index in [1.165, 1.54) is 24.3 Å². The highest BCUT2D eigenvalue weighted by atomic mass is 32.1. The minimum Gasteiger partial charge on any atom is -0.452 e. The summed E-state index contributed by atoms with van der Waals surface area (Å²) in [6.07, 6.45) is 1.43. The largest absolute Gasteiger partial charge is 0.452 e. The summed E-state index contributed by atoms with van der Waals surface area (Å²) in [5.41, 5.74) is 3.45. The van der Waals surface area contributed by atoms with Gasteiger partial charge in [-0.25, -0.2) is 4.79 Å². The maximum atomic E-state index is 13.0. The molecule has 0 spiro atoms. The van der Waals surface area contributed by atoms with Crippen LogP contribution in [0.3, 0.4) is 0 Å². The van der Waals surface area contributed by atoms with Crippen molar-refractivity contribution in [2.75, 3.05) is 22.6 Å². The predicted molar refractivity (Wildman–Crippen MR) is 137 cm³/mol. The number of ether oxygens (including phenoxy) is 1. The number of amides is 3. The fraction of sp³-hybridized carbons (Fsp3) is 0.154. The van der Waals surface area contributed by atoms with Gasteiger partial charge in [-0.1, -0.05) is 35.9 Å². The number of carbonyl (C=O) groups is 4. The summed E-state index contributed by atoms with van der Waals surface area (Å²) in [5, 5.41) is 10.1. The first kappa shape index (κ1) is 25.4. The SMILES string of the molecule is CC(=O)Nc1ccc(NC(=O)COC(=O)c2c(-c3ccccc3)csc2NC(=O)C=C(C)C)cc1. The molecule has 0 aliphatic heterocycles. The first-order chi connectivity index (χ1) is 16.7. The van der Waals surface area contributed by atoms with Crippen LogP contribution in [0.25, 0.3) is 11.1 Å². The van der Waals surface area contributed by atoms with E-state index in [0.717, 1.165) is 11.1 Å². The van der Waals surface area contributed by atoms with Gasteiger partial charge < -0.3 is 20.7 Å². The third-order valence-corrected chi connectivity index (χ3v) is 5.46. The Morgan fingerprint density at radius 3 is 2.09 bits per heavy atom. The summed E-state index contributed by atoms with van der Waals surface area (Å²) < 4.78 is 5.29. The van der Waals surface area contributed by atoms with Crippen molar-refractivity contribution in [3.8, 4) is 11.1 Å². The quantitative estimate of drug-likeness (QED) is 0.301. The smallest absolute Gasteiger partial charge is 0.342 e. The molecule has 0 aliphatic rings. The molecule has 0 aliphatic carbocycles. The number of nitrogens with one attached hydrogen (secondary N) is 3. The average molecular weight is 492 g/mol. The van der Waals surface area contributed by atoms with Crippen molar-refractivity contribution < 1.29 is 23.9 Å². The predicted octanol–water partition coefficient (Wildman–Crippen LogP) is 5.07. The van der Waals surface area contributed by atoms with E-state index >= 15 is 0 Å². The molecule has 3 rings (SSSR count). The van der Waals surface area contributed by atoms with Crippen molar-refractivity contribution in [2.45, 2.75) is 20.8 Å². The van der Waals surface area contributed by atoms with Gasteiger partial charge in [0.15, 0.2) is 6.61 Å². The Kier molecular flexibility index (Phi) is 8.53. The van der Waals surface area contributed by atoms with E-state index in [1.54, 1.807) is 43.5 Å². The van der Waals surface area contributed by atoms with Crippen LogP contribution in [0.4, 0.5) is 16.4 Å². The lowest BCUT2D eigenvalue weighted by Gasteiger charge is -2.10. The average Bonchev–Trinajstić information content (AvgIpc) is 3.22. The number of esters is 1. The number of carbonyl (C=O) groups excluding carboxylic acids is 4. The van der Waals surface area contributed by atoms with Gasteiger partial charge in [0, 0.05) is 35.3 Å². The zero-order valence-electron chi connectivity index (χ0n) is 19.5. The molecule has 0 bridgehead atoms. The number of hydrogen-bond donors (Lipinski definition) is 3. The molecule has 35 heavy (non-hydrogen) atoms. The lowest BCUT2D eigenvalue weighted by atomic mass is 10.0. The van der Waals surface area contributed by atoms with Crippen LogP contribution in [0.2, 0.25) is 0 Å². The maximum Gasteiger partial charge on any atom is 0.342 e. The summed E-state index contributed by atoms with van der Waals surface area (Å²) in [6, 6.07) is 15.8. The second-order valence-corrected chi connectivity index (χ2v) is 8.69. The van der Waals surface area contributed by atoms with Crippen molar-refractivity contribution in [2.24, 2.45) is 0 Å². The summed E-state index contributed by atoms with van der Waals surface area (Å²) in [5.74, 6) is -1.82. The maximum absolute atomic E-state index is 13.0. The lowest BCUT2D eigenvalue weighted by Crippen LogP contribution is -2.21. The first-order valence-electron chi connectivity index (χ1n) is 10.7. The number of benzene rings is 2. The molecular formula is C26H25N3O5S. The molecule has 3 amide bonds. The molecule has 0 saturated heterocycles. The summed E-state index contributed by atoms with van der Waals surface area (Å²) in [6.45, 7) is 4.48. The van der Waals surface area contributed by atoms with Crippen molar-refractivity contribution in [1.82, 2.24) is 0 Å². The summed E-state index contributed by atoms with van der Waals surface area (Å²) >= 11 is 1.20. The zero-order chi connectivity index (χ0) is 25.4. The second kappa shape index (κ2) is 11.8. The van der Waals surface area contributed by atoms with Crippen LogP contribution in [0.15, 0.2) is 71.6 Å². The standard InChI is InChI=1S/C26H25N3O5S/c1-16(2)13-22(31)29-25-24(21(15-35-25)18-7-5-4-6-8-18)26(33)34-14-23(32)28-20-11-9-19(10-12-20)27-17(3)30/h4-13,15H,14H2,1-3H3,(H,27,30)(H,28,32)(H,29,31). The van der Waals surface area contributed by atoms with Gasteiger partial charge in [0.1, 0.15) is 10.6 Å². The molecule has 0 fully saturated rings. The molecule has 2 aromatic carbocycles. The Balaban J connectivity index is 1.72. The Hall–Kier alpha value is -4.24. The highest BCUT2D eigenvalue weighted by Gasteiger charge is 2.23. The number of hydrogen-bond acceptors (Lipinski definition) is 6. The third-order valence-electron chi connectivity index (χ3n) is 4.56. The van der Waals surface area contributed by atoms with Crippen LogP contribution in [0.5, 0.6) is 0 Å². The van der Waals surface area contributed by atoms with Crippen molar-refractivity contribution >= 4 is 51.4 Å². The Morgan fingerprint density at radius 2 is 1.49 bits per heavy atom. The van der Waals surface area contributed by atoms with E-state index < -0.39 is 18.5 Å². The molecule has 3 aromatic rings. The van der Waals surface area contributed by atoms with E-state index in [4.69, 9.17) is 4.74 Å². The fourth-order valence-corrected chi connectivity index (χ4v) is 4.09. The van der Waals surface area contributed by atoms with E-state index in [1.807, 2.05) is 30.3 Å². The van der Waals surface area contributed by atoms with Crippen molar-refractivity contribution in [1.29, 1.82) is 0 Å². The number of rotatable bonds is 8. The minimum absolute atomic E-state index is 0.184. The van der Waals surface area contributed by atoms with Gasteiger partial charge in [0.05, 0.1) is 0 Å². The van der Waals surface area contributed by atoms with Gasteiger partial charge in [-0.15, -0.1) is 11.3 Å². The summed E-state index contributed by atoms with van der Waals surface area (Å²) in [7, 11) is 0. The topological polar surface area (TPSA) is 114 Å². The van der Waals surface area contributed by atoms with Gasteiger partial charge in [-0.2, -0.15) is 0 Å². The fourth-order valence-electron chi connectivity index (χ4n) is 3.13. The van der Waals surface area contributed by atoms with Gasteiger partial charge >= 0.3 is 5.97 Å². The number of thiophene rings is 1. The second-order valence-electron chi connectivity index (χ2n) is 7.81. The van der Waals surface area contributed by atoms with Gasteiger partial charge in [-0.3, -0.25) is 14.4 Å². The molecule has 3 N–H and O–H groups in total. The number of allylic oxidation sites excluding steroid dienone is 1. The molecule has 0 unspecified atom stereocenters. The highest BCUT2D eigenvalue weighted by Crippen LogP contribution is 2.36. The number of anilines is 3. The van der Waals surface area contributed by atoms with Gasteiger partial charge in [0.2, 0.25) is 11.8 Å². The Bertz CT molecular complexity index is 1260. The monoisotopic (exact) mass is 491 g/mol. The van der Waals surface area contributed by atoms with E-state index in [0.29, 0.717) is 21.9 Å². The molecule has 0 atom stereocenters. The highest BCUT2D eigenvalue weighted by molar-refractivity contribution is 7.15. The first-order valence-corrected chi connectivity index (χ1v) is 11.6. The van der Waals surface area contributed by atoms with Crippen LogP contribution in [-0.4, -0.2) is 30.3 Å². The minimum atomic E-state index is -0.728. The Morgan fingerprint density at radius 1 is 0.857 bits per heavy atom. The molecule has 0 radical (unpaired) electrons. The molecule has 1 heterocycles. The van der Waals surface area contributed by atoms with E-state index in [2.05, 4.69) is 16.0 Å². The normalized spacial score (nSPS) is 10.1.